The SMILES string of the molecule is CC[C@H](C[C@H](O)c1ccnc2ccc(OC)cc12)N1CCCCC1. The maximum absolute atomic E-state index is 10.9. The maximum Gasteiger partial charge on any atom is 0.119 e. The fraction of sp³-hybridized carbons (Fsp3) is 0.550. The van der Waals surface area contributed by atoms with Crippen LogP contribution in [0.1, 0.15) is 50.7 Å². The van der Waals surface area contributed by atoms with Crippen LogP contribution in [0, 0.1) is 0 Å². The minimum Gasteiger partial charge on any atom is -0.497 e. The van der Waals surface area contributed by atoms with Crippen molar-refractivity contribution in [2.24, 2.45) is 0 Å². The smallest absolute Gasteiger partial charge is 0.119 e. The highest BCUT2D eigenvalue weighted by atomic mass is 16.5. The largest absolute Gasteiger partial charge is 0.497 e. The van der Waals surface area contributed by atoms with E-state index in [-0.39, 0.29) is 0 Å². The van der Waals surface area contributed by atoms with Gasteiger partial charge >= 0.3 is 0 Å². The van der Waals surface area contributed by atoms with Crippen LogP contribution in [-0.4, -0.2) is 41.2 Å². The van der Waals surface area contributed by atoms with Crippen LogP contribution in [0.15, 0.2) is 30.5 Å². The van der Waals surface area contributed by atoms with Crippen LogP contribution in [0.3, 0.4) is 0 Å². The molecule has 0 spiro atoms. The Morgan fingerprint density at radius 1 is 1.21 bits per heavy atom. The Labute approximate surface area is 144 Å². The van der Waals surface area contributed by atoms with Gasteiger partial charge in [0, 0.05) is 17.6 Å². The van der Waals surface area contributed by atoms with Crippen molar-refractivity contribution in [2.75, 3.05) is 20.2 Å². The Morgan fingerprint density at radius 3 is 2.71 bits per heavy atom. The van der Waals surface area contributed by atoms with Gasteiger partial charge < -0.3 is 14.7 Å². The number of nitrogens with zero attached hydrogens (tertiary/aromatic N) is 2. The molecule has 24 heavy (non-hydrogen) atoms. The van der Waals surface area contributed by atoms with E-state index in [1.54, 1.807) is 13.3 Å². The number of hydrogen-bond donors (Lipinski definition) is 1. The number of hydrogen-bond acceptors (Lipinski definition) is 4. The number of methoxy groups -OCH3 is 1. The van der Waals surface area contributed by atoms with Crippen LogP contribution < -0.4 is 4.74 Å². The second-order valence-corrected chi connectivity index (χ2v) is 6.69. The van der Waals surface area contributed by atoms with Crippen molar-refractivity contribution in [3.63, 3.8) is 0 Å². The zero-order valence-electron chi connectivity index (χ0n) is 14.7. The molecule has 4 nitrogen and oxygen atoms in total. The van der Waals surface area contributed by atoms with E-state index in [1.807, 2.05) is 24.3 Å². The van der Waals surface area contributed by atoms with E-state index in [0.717, 1.165) is 48.1 Å². The minimum absolute atomic E-state index is 0.439. The van der Waals surface area contributed by atoms with Crippen molar-refractivity contribution in [2.45, 2.75) is 51.2 Å². The van der Waals surface area contributed by atoms with Crippen LogP contribution >= 0.6 is 0 Å². The Hall–Kier alpha value is -1.65. The van der Waals surface area contributed by atoms with Gasteiger partial charge in [0.25, 0.3) is 0 Å². The first kappa shape index (κ1) is 17.2. The fourth-order valence-electron chi connectivity index (χ4n) is 3.81. The predicted octanol–water partition coefficient (Wildman–Crippen LogP) is 3.93. The third-order valence-electron chi connectivity index (χ3n) is 5.22. The summed E-state index contributed by atoms with van der Waals surface area (Å²) < 4.78 is 5.34. The molecule has 1 aliphatic rings. The van der Waals surface area contributed by atoms with Crippen LogP contribution in [0.2, 0.25) is 0 Å². The third-order valence-corrected chi connectivity index (χ3v) is 5.22. The van der Waals surface area contributed by atoms with Gasteiger partial charge in [0.1, 0.15) is 5.75 Å². The highest BCUT2D eigenvalue weighted by Crippen LogP contribution is 2.30. The van der Waals surface area contributed by atoms with Crippen molar-refractivity contribution < 1.29 is 9.84 Å². The molecular formula is C20H28N2O2. The van der Waals surface area contributed by atoms with E-state index in [2.05, 4.69) is 16.8 Å². The minimum atomic E-state index is -0.477. The molecule has 2 atom stereocenters. The zero-order chi connectivity index (χ0) is 16.9. The third kappa shape index (κ3) is 3.70. The van der Waals surface area contributed by atoms with Crippen LogP contribution in [-0.2, 0) is 0 Å². The van der Waals surface area contributed by atoms with Gasteiger partial charge in [-0.25, -0.2) is 0 Å². The lowest BCUT2D eigenvalue weighted by atomic mass is 9.95. The number of rotatable bonds is 6. The molecule has 0 radical (unpaired) electrons. The van der Waals surface area contributed by atoms with Crippen molar-refractivity contribution in [1.82, 2.24) is 9.88 Å². The van der Waals surface area contributed by atoms with E-state index < -0.39 is 6.10 Å². The molecule has 130 valence electrons. The Balaban J connectivity index is 1.83. The summed E-state index contributed by atoms with van der Waals surface area (Å²) in [6.45, 7) is 4.55. The van der Waals surface area contributed by atoms with Gasteiger partial charge in [0.15, 0.2) is 0 Å². The van der Waals surface area contributed by atoms with Gasteiger partial charge in [-0.3, -0.25) is 4.98 Å². The molecule has 1 aliphatic heterocycles. The number of fused-ring (bicyclic) bond motifs is 1. The summed E-state index contributed by atoms with van der Waals surface area (Å²) in [6.07, 6.45) is 7.05. The normalized spacial score (nSPS) is 18.5. The molecular weight excluding hydrogens is 300 g/mol. The lowest BCUT2D eigenvalue weighted by molar-refractivity contribution is 0.0877. The second-order valence-electron chi connectivity index (χ2n) is 6.69. The molecule has 4 heteroatoms. The van der Waals surface area contributed by atoms with Gasteiger partial charge in [-0.05, 0) is 68.6 Å². The molecule has 0 saturated carbocycles. The molecule has 1 aromatic heterocycles. The highest BCUT2D eigenvalue weighted by Gasteiger charge is 2.23. The van der Waals surface area contributed by atoms with E-state index in [4.69, 9.17) is 4.74 Å². The van der Waals surface area contributed by atoms with E-state index in [0.29, 0.717) is 6.04 Å². The summed E-state index contributed by atoms with van der Waals surface area (Å²) >= 11 is 0. The van der Waals surface area contributed by atoms with Crippen molar-refractivity contribution in [3.8, 4) is 5.75 Å². The topological polar surface area (TPSA) is 45.6 Å². The van der Waals surface area contributed by atoms with Crippen molar-refractivity contribution >= 4 is 10.9 Å². The monoisotopic (exact) mass is 328 g/mol. The van der Waals surface area contributed by atoms with Crippen molar-refractivity contribution in [1.29, 1.82) is 0 Å². The number of ether oxygens (including phenoxy) is 1. The Kier molecular flexibility index (Phi) is 5.69. The summed E-state index contributed by atoms with van der Waals surface area (Å²) in [5.41, 5.74) is 1.85. The molecule has 2 heterocycles. The molecule has 0 unspecified atom stereocenters. The number of benzene rings is 1. The Bertz CT molecular complexity index is 668. The van der Waals surface area contributed by atoms with E-state index in [9.17, 15) is 5.11 Å². The number of aliphatic hydroxyl groups is 1. The lowest BCUT2D eigenvalue weighted by Crippen LogP contribution is -2.39. The van der Waals surface area contributed by atoms with Crippen LogP contribution in [0.5, 0.6) is 5.75 Å². The highest BCUT2D eigenvalue weighted by molar-refractivity contribution is 5.83. The standard InChI is InChI=1S/C20H28N2O2/c1-3-15(22-11-5-4-6-12-22)13-20(23)17-9-10-21-19-8-7-16(24-2)14-18(17)19/h7-10,14-15,20,23H,3-6,11-13H2,1-2H3/t15-,20+/m1/s1. The average molecular weight is 328 g/mol. The molecule has 0 aliphatic carbocycles. The predicted molar refractivity (Wildman–Crippen MR) is 97.4 cm³/mol. The summed E-state index contributed by atoms with van der Waals surface area (Å²) in [5, 5.41) is 11.9. The van der Waals surface area contributed by atoms with Gasteiger partial charge in [-0.2, -0.15) is 0 Å². The summed E-state index contributed by atoms with van der Waals surface area (Å²) in [4.78, 5) is 6.96. The van der Waals surface area contributed by atoms with Crippen LogP contribution in [0.4, 0.5) is 0 Å². The van der Waals surface area contributed by atoms with E-state index >= 15 is 0 Å². The van der Waals surface area contributed by atoms with Crippen molar-refractivity contribution in [3.05, 3.63) is 36.0 Å². The number of likely N-dealkylation sites (tertiary alicyclic amines) is 1. The number of aromatic nitrogens is 1. The maximum atomic E-state index is 10.9. The molecule has 0 amide bonds. The molecule has 1 N–H and O–H groups in total. The fourth-order valence-corrected chi connectivity index (χ4v) is 3.81. The summed E-state index contributed by atoms with van der Waals surface area (Å²) in [6, 6.07) is 8.22. The van der Waals surface area contributed by atoms with Gasteiger partial charge in [-0.1, -0.05) is 13.3 Å². The summed E-state index contributed by atoms with van der Waals surface area (Å²) in [5.74, 6) is 0.798. The quantitative estimate of drug-likeness (QED) is 0.872. The first-order chi connectivity index (χ1) is 11.7. The summed E-state index contributed by atoms with van der Waals surface area (Å²) in [7, 11) is 1.66. The van der Waals surface area contributed by atoms with Gasteiger partial charge in [0.05, 0.1) is 18.7 Å². The average Bonchev–Trinajstić information content (AvgIpc) is 2.65. The number of aliphatic hydroxyl groups excluding tert-OH is 1. The number of piperidine rings is 1. The first-order valence-electron chi connectivity index (χ1n) is 9.07. The molecule has 1 saturated heterocycles. The first-order valence-corrected chi connectivity index (χ1v) is 9.07. The second kappa shape index (κ2) is 7.95. The molecule has 1 aromatic carbocycles. The van der Waals surface area contributed by atoms with Gasteiger partial charge in [-0.15, -0.1) is 0 Å². The molecule has 3 rings (SSSR count). The molecule has 2 aromatic rings. The van der Waals surface area contributed by atoms with E-state index in [1.165, 1.54) is 19.3 Å². The molecule has 0 bridgehead atoms. The van der Waals surface area contributed by atoms with Gasteiger partial charge in [0.2, 0.25) is 0 Å². The number of pyridine rings is 1. The molecule has 1 fully saturated rings. The zero-order valence-corrected chi connectivity index (χ0v) is 14.7. The Morgan fingerprint density at radius 2 is 2.00 bits per heavy atom. The van der Waals surface area contributed by atoms with Crippen LogP contribution in [0.25, 0.3) is 10.9 Å². The lowest BCUT2D eigenvalue weighted by Gasteiger charge is -2.35.